The van der Waals surface area contributed by atoms with Gasteiger partial charge < -0.3 is 9.84 Å². The van der Waals surface area contributed by atoms with E-state index in [0.29, 0.717) is 6.42 Å². The number of aromatic hydroxyl groups is 1. The number of carbonyl (C=O) groups is 1. The Bertz CT molecular complexity index is 373. The molecule has 1 N–H and O–H groups in total. The number of phenols is 1. The first-order valence-electron chi connectivity index (χ1n) is 5.70. The molecule has 1 aromatic carbocycles. The number of hydrogen-bond donors (Lipinski definition) is 1. The molecule has 17 heavy (non-hydrogen) atoms. The predicted molar refractivity (Wildman–Crippen MR) is 66.8 cm³/mol. The van der Waals surface area contributed by atoms with Gasteiger partial charge in [-0.1, -0.05) is 32.9 Å². The van der Waals surface area contributed by atoms with Gasteiger partial charge in [0.2, 0.25) is 0 Å². The summed E-state index contributed by atoms with van der Waals surface area (Å²) in [6.45, 7) is 6.07. The smallest absolute Gasteiger partial charge is 0.309 e. The maximum absolute atomic E-state index is 11.8. The molecular formula is C14H20O3. The summed E-state index contributed by atoms with van der Waals surface area (Å²) < 4.78 is 4.85. The maximum Gasteiger partial charge on any atom is 0.309 e. The first-order chi connectivity index (χ1) is 7.84. The van der Waals surface area contributed by atoms with Crippen LogP contribution >= 0.6 is 0 Å². The van der Waals surface area contributed by atoms with Crippen molar-refractivity contribution in [3.8, 4) is 5.75 Å². The Hall–Kier alpha value is -1.51. The zero-order chi connectivity index (χ0) is 13.1. The van der Waals surface area contributed by atoms with Crippen molar-refractivity contribution in [2.24, 2.45) is 11.3 Å². The molecule has 0 aliphatic rings. The van der Waals surface area contributed by atoms with Gasteiger partial charge in [0.15, 0.2) is 0 Å². The van der Waals surface area contributed by atoms with Crippen LogP contribution < -0.4 is 0 Å². The van der Waals surface area contributed by atoms with Gasteiger partial charge in [-0.25, -0.2) is 0 Å². The topological polar surface area (TPSA) is 46.5 Å². The number of benzene rings is 1. The number of hydrogen-bond acceptors (Lipinski definition) is 3. The SMILES string of the molecule is COC(=O)C(Cc1ccc(O)cc1)C(C)(C)C. The minimum atomic E-state index is -0.189. The monoisotopic (exact) mass is 236 g/mol. The summed E-state index contributed by atoms with van der Waals surface area (Å²) in [4.78, 5) is 11.8. The highest BCUT2D eigenvalue weighted by Crippen LogP contribution is 2.30. The molecule has 0 fully saturated rings. The lowest BCUT2D eigenvalue weighted by Crippen LogP contribution is -2.31. The minimum Gasteiger partial charge on any atom is -0.508 e. The average molecular weight is 236 g/mol. The third-order valence-electron chi connectivity index (χ3n) is 2.91. The molecule has 0 amide bonds. The zero-order valence-electron chi connectivity index (χ0n) is 10.9. The third kappa shape index (κ3) is 3.77. The second-order valence-corrected chi connectivity index (χ2v) is 5.31. The van der Waals surface area contributed by atoms with Gasteiger partial charge >= 0.3 is 5.97 Å². The zero-order valence-corrected chi connectivity index (χ0v) is 10.9. The van der Waals surface area contributed by atoms with Crippen molar-refractivity contribution in [2.75, 3.05) is 7.11 Å². The molecule has 0 radical (unpaired) electrons. The van der Waals surface area contributed by atoms with Gasteiger partial charge in [0.1, 0.15) is 5.75 Å². The first kappa shape index (κ1) is 13.6. The lowest BCUT2D eigenvalue weighted by atomic mass is 9.77. The quantitative estimate of drug-likeness (QED) is 0.821. The molecule has 1 atom stereocenters. The van der Waals surface area contributed by atoms with Gasteiger partial charge in [0.05, 0.1) is 13.0 Å². The van der Waals surface area contributed by atoms with Crippen molar-refractivity contribution in [1.29, 1.82) is 0 Å². The van der Waals surface area contributed by atoms with Gasteiger partial charge in [0.25, 0.3) is 0 Å². The molecule has 3 nitrogen and oxygen atoms in total. The van der Waals surface area contributed by atoms with E-state index in [1.807, 2.05) is 32.9 Å². The molecule has 0 saturated heterocycles. The van der Waals surface area contributed by atoms with Gasteiger partial charge in [-0.15, -0.1) is 0 Å². The molecule has 0 aromatic heterocycles. The number of carbonyl (C=O) groups excluding carboxylic acids is 1. The normalized spacial score (nSPS) is 13.2. The lowest BCUT2D eigenvalue weighted by molar-refractivity contribution is -0.149. The number of phenolic OH excluding ortho intramolecular Hbond substituents is 1. The minimum absolute atomic E-state index is 0.148. The van der Waals surface area contributed by atoms with Crippen LogP contribution in [0.5, 0.6) is 5.75 Å². The molecule has 0 spiro atoms. The summed E-state index contributed by atoms with van der Waals surface area (Å²) in [5.74, 6) is -0.137. The molecule has 0 saturated carbocycles. The van der Waals surface area contributed by atoms with Crippen molar-refractivity contribution < 1.29 is 14.6 Å². The van der Waals surface area contributed by atoms with Crippen LogP contribution in [-0.4, -0.2) is 18.2 Å². The van der Waals surface area contributed by atoms with Crippen LogP contribution in [0.2, 0.25) is 0 Å². The van der Waals surface area contributed by atoms with E-state index in [1.165, 1.54) is 7.11 Å². The van der Waals surface area contributed by atoms with Crippen LogP contribution in [0.25, 0.3) is 0 Å². The Morgan fingerprint density at radius 1 is 1.29 bits per heavy atom. The Labute approximate surface area is 102 Å². The van der Waals surface area contributed by atoms with E-state index in [1.54, 1.807) is 12.1 Å². The molecule has 1 rings (SSSR count). The van der Waals surface area contributed by atoms with E-state index in [-0.39, 0.29) is 23.1 Å². The Morgan fingerprint density at radius 3 is 2.24 bits per heavy atom. The van der Waals surface area contributed by atoms with Crippen LogP contribution in [0.3, 0.4) is 0 Å². The Balaban J connectivity index is 2.87. The maximum atomic E-state index is 11.8. The largest absolute Gasteiger partial charge is 0.508 e. The Kier molecular flexibility index (Phi) is 4.16. The van der Waals surface area contributed by atoms with Crippen LogP contribution in [0, 0.1) is 11.3 Å². The highest BCUT2D eigenvalue weighted by Gasteiger charge is 2.32. The molecule has 3 heteroatoms. The summed E-state index contributed by atoms with van der Waals surface area (Å²) in [6.07, 6.45) is 0.621. The molecule has 1 aromatic rings. The van der Waals surface area contributed by atoms with Gasteiger partial charge in [-0.05, 0) is 29.5 Å². The highest BCUT2D eigenvalue weighted by molar-refractivity contribution is 5.73. The van der Waals surface area contributed by atoms with E-state index in [2.05, 4.69) is 0 Å². The molecule has 1 unspecified atom stereocenters. The molecule has 0 aliphatic carbocycles. The number of methoxy groups -OCH3 is 1. The molecule has 0 aliphatic heterocycles. The lowest BCUT2D eigenvalue weighted by Gasteiger charge is -2.28. The van der Waals surface area contributed by atoms with Crippen LogP contribution in [0.15, 0.2) is 24.3 Å². The fourth-order valence-corrected chi connectivity index (χ4v) is 1.75. The summed E-state index contributed by atoms with van der Waals surface area (Å²) in [6, 6.07) is 6.92. The van der Waals surface area contributed by atoms with Crippen LogP contribution in [0.1, 0.15) is 26.3 Å². The summed E-state index contributed by atoms with van der Waals surface area (Å²) in [5, 5.41) is 9.21. The Morgan fingerprint density at radius 2 is 1.82 bits per heavy atom. The van der Waals surface area contributed by atoms with Crippen molar-refractivity contribution in [2.45, 2.75) is 27.2 Å². The van der Waals surface area contributed by atoms with Crippen LogP contribution in [0.4, 0.5) is 0 Å². The van der Waals surface area contributed by atoms with Gasteiger partial charge in [-0.3, -0.25) is 4.79 Å². The van der Waals surface area contributed by atoms with E-state index in [4.69, 9.17) is 4.74 Å². The van der Waals surface area contributed by atoms with Gasteiger partial charge in [-0.2, -0.15) is 0 Å². The predicted octanol–water partition coefficient (Wildman–Crippen LogP) is 2.77. The van der Waals surface area contributed by atoms with Gasteiger partial charge in [0, 0.05) is 0 Å². The highest BCUT2D eigenvalue weighted by atomic mass is 16.5. The standard InChI is InChI=1S/C14H20O3/c1-14(2,3)12(13(16)17-4)9-10-5-7-11(15)8-6-10/h5-8,12,15H,9H2,1-4H3. The van der Waals surface area contributed by atoms with Crippen molar-refractivity contribution in [3.63, 3.8) is 0 Å². The molecular weight excluding hydrogens is 216 g/mol. The fraction of sp³-hybridized carbons (Fsp3) is 0.500. The second kappa shape index (κ2) is 5.21. The van der Waals surface area contributed by atoms with Crippen molar-refractivity contribution in [1.82, 2.24) is 0 Å². The van der Waals surface area contributed by atoms with Crippen molar-refractivity contribution in [3.05, 3.63) is 29.8 Å². The number of rotatable bonds is 3. The van der Waals surface area contributed by atoms with Crippen LogP contribution in [-0.2, 0) is 16.0 Å². The molecule has 0 heterocycles. The van der Waals surface area contributed by atoms with E-state index >= 15 is 0 Å². The molecule has 94 valence electrons. The fourth-order valence-electron chi connectivity index (χ4n) is 1.75. The van der Waals surface area contributed by atoms with E-state index in [0.717, 1.165) is 5.56 Å². The number of esters is 1. The third-order valence-corrected chi connectivity index (χ3v) is 2.91. The average Bonchev–Trinajstić information content (AvgIpc) is 2.25. The first-order valence-corrected chi connectivity index (χ1v) is 5.70. The summed E-state index contributed by atoms with van der Waals surface area (Å²) >= 11 is 0. The van der Waals surface area contributed by atoms with E-state index < -0.39 is 0 Å². The molecule has 0 bridgehead atoms. The number of ether oxygens (including phenoxy) is 1. The summed E-state index contributed by atoms with van der Waals surface area (Å²) in [5.41, 5.74) is 0.874. The van der Waals surface area contributed by atoms with Crippen molar-refractivity contribution >= 4 is 5.97 Å². The van der Waals surface area contributed by atoms with E-state index in [9.17, 15) is 9.90 Å². The second-order valence-electron chi connectivity index (χ2n) is 5.31. The summed E-state index contributed by atoms with van der Waals surface area (Å²) in [7, 11) is 1.41.